The Kier molecular flexibility index (Phi) is 3.52. The lowest BCUT2D eigenvalue weighted by molar-refractivity contribution is -0.124. The van der Waals surface area contributed by atoms with Crippen LogP contribution in [0, 0.1) is 6.92 Å². The molecule has 5 nitrogen and oxygen atoms in total. The Labute approximate surface area is 98.7 Å². The number of primary amides is 1. The van der Waals surface area contributed by atoms with E-state index in [0.717, 1.165) is 23.8 Å². The van der Waals surface area contributed by atoms with E-state index in [9.17, 15) is 4.79 Å². The van der Waals surface area contributed by atoms with Crippen molar-refractivity contribution in [3.05, 3.63) is 16.1 Å². The molecule has 6 heteroatoms. The first kappa shape index (κ1) is 11.5. The van der Waals surface area contributed by atoms with Gasteiger partial charge >= 0.3 is 0 Å². The van der Waals surface area contributed by atoms with Crippen molar-refractivity contribution in [2.45, 2.75) is 19.5 Å². The average Bonchev–Trinajstić information content (AvgIpc) is 2.64. The smallest absolute Gasteiger partial charge is 0.236 e. The fraction of sp³-hybridized carbons (Fsp3) is 0.600. The second kappa shape index (κ2) is 4.90. The molecule has 2 heterocycles. The number of rotatable bonds is 3. The van der Waals surface area contributed by atoms with Gasteiger partial charge in [-0.2, -0.15) is 0 Å². The number of hydrogen-bond acceptors (Lipinski definition) is 5. The normalized spacial score (nSPS) is 22.2. The third kappa shape index (κ3) is 2.58. The van der Waals surface area contributed by atoms with E-state index in [-0.39, 0.29) is 11.9 Å². The molecule has 1 unspecified atom stereocenters. The van der Waals surface area contributed by atoms with Crippen molar-refractivity contribution in [1.82, 2.24) is 15.2 Å². The van der Waals surface area contributed by atoms with Gasteiger partial charge in [0.15, 0.2) is 0 Å². The molecule has 0 aliphatic carbocycles. The van der Waals surface area contributed by atoms with Crippen LogP contribution in [0.2, 0.25) is 0 Å². The van der Waals surface area contributed by atoms with E-state index in [1.54, 1.807) is 11.3 Å². The zero-order chi connectivity index (χ0) is 11.5. The van der Waals surface area contributed by atoms with Gasteiger partial charge in [0.25, 0.3) is 0 Å². The SMILES string of the molecule is Cc1csc(CN2CCNCC2C(N)=O)n1. The lowest BCUT2D eigenvalue weighted by Crippen LogP contribution is -2.56. The molecule has 0 radical (unpaired) electrons. The lowest BCUT2D eigenvalue weighted by Gasteiger charge is -2.33. The summed E-state index contributed by atoms with van der Waals surface area (Å²) < 4.78 is 0. The summed E-state index contributed by atoms with van der Waals surface area (Å²) in [6.45, 7) is 5.07. The predicted octanol–water partition coefficient (Wildman–Crippen LogP) is -0.289. The first-order valence-corrected chi connectivity index (χ1v) is 6.20. The molecule has 16 heavy (non-hydrogen) atoms. The fourth-order valence-corrected chi connectivity index (χ4v) is 2.66. The van der Waals surface area contributed by atoms with Gasteiger partial charge in [0.05, 0.1) is 6.54 Å². The van der Waals surface area contributed by atoms with Gasteiger partial charge in [-0.1, -0.05) is 0 Å². The number of aromatic nitrogens is 1. The van der Waals surface area contributed by atoms with Gasteiger partial charge in [0, 0.05) is 30.7 Å². The standard InChI is InChI=1S/C10H16N4OS/c1-7-6-16-9(13-7)5-14-3-2-12-4-8(14)10(11)15/h6,8,12H,2-5H2,1H3,(H2,11,15). The zero-order valence-corrected chi connectivity index (χ0v) is 10.1. The number of nitrogens with one attached hydrogen (secondary N) is 1. The van der Waals surface area contributed by atoms with Gasteiger partial charge in [0.1, 0.15) is 11.0 Å². The molecule has 0 aromatic carbocycles. The molecule has 2 rings (SSSR count). The average molecular weight is 240 g/mol. The Balaban J connectivity index is 2.03. The van der Waals surface area contributed by atoms with Crippen molar-refractivity contribution in [3.63, 3.8) is 0 Å². The van der Waals surface area contributed by atoms with Crippen molar-refractivity contribution in [1.29, 1.82) is 0 Å². The summed E-state index contributed by atoms with van der Waals surface area (Å²) in [5.41, 5.74) is 6.41. The van der Waals surface area contributed by atoms with Gasteiger partial charge in [-0.15, -0.1) is 11.3 Å². The van der Waals surface area contributed by atoms with Crippen molar-refractivity contribution < 1.29 is 4.79 Å². The number of nitrogens with zero attached hydrogens (tertiary/aromatic N) is 2. The molecule has 0 bridgehead atoms. The highest BCUT2D eigenvalue weighted by atomic mass is 32.1. The number of carbonyl (C=O) groups is 1. The summed E-state index contributed by atoms with van der Waals surface area (Å²) in [7, 11) is 0. The summed E-state index contributed by atoms with van der Waals surface area (Å²) in [5, 5.41) is 6.25. The maximum atomic E-state index is 11.3. The summed E-state index contributed by atoms with van der Waals surface area (Å²) in [6, 6.07) is -0.210. The van der Waals surface area contributed by atoms with E-state index in [1.165, 1.54) is 0 Å². The van der Waals surface area contributed by atoms with E-state index in [2.05, 4.69) is 15.2 Å². The van der Waals surface area contributed by atoms with Gasteiger partial charge in [-0.3, -0.25) is 9.69 Å². The third-order valence-electron chi connectivity index (χ3n) is 2.69. The highest BCUT2D eigenvalue weighted by Gasteiger charge is 2.27. The Morgan fingerprint density at radius 2 is 2.62 bits per heavy atom. The topological polar surface area (TPSA) is 71.2 Å². The predicted molar refractivity (Wildman–Crippen MR) is 63.1 cm³/mol. The molecule has 1 saturated heterocycles. The second-order valence-corrected chi connectivity index (χ2v) is 4.92. The molecule has 1 aromatic rings. The molecule has 1 aromatic heterocycles. The van der Waals surface area contributed by atoms with Crippen LogP contribution in [-0.2, 0) is 11.3 Å². The molecular weight excluding hydrogens is 224 g/mol. The molecular formula is C10H16N4OS. The minimum atomic E-state index is -0.263. The van der Waals surface area contributed by atoms with Crippen LogP contribution in [0.1, 0.15) is 10.7 Å². The lowest BCUT2D eigenvalue weighted by atomic mass is 10.2. The van der Waals surface area contributed by atoms with Crippen LogP contribution in [0.25, 0.3) is 0 Å². The first-order valence-electron chi connectivity index (χ1n) is 5.32. The molecule has 0 spiro atoms. The maximum absolute atomic E-state index is 11.3. The van der Waals surface area contributed by atoms with Crippen LogP contribution in [0.3, 0.4) is 0 Å². The fourth-order valence-electron chi connectivity index (χ4n) is 1.87. The second-order valence-electron chi connectivity index (χ2n) is 3.98. The number of nitrogens with two attached hydrogens (primary N) is 1. The molecule has 1 fully saturated rings. The van der Waals surface area contributed by atoms with Gasteiger partial charge in [-0.05, 0) is 6.92 Å². The van der Waals surface area contributed by atoms with Crippen LogP contribution >= 0.6 is 11.3 Å². The van der Waals surface area contributed by atoms with Gasteiger partial charge in [0.2, 0.25) is 5.91 Å². The number of amides is 1. The quantitative estimate of drug-likeness (QED) is 0.761. The number of aryl methyl sites for hydroxylation is 1. The highest BCUT2D eigenvalue weighted by Crippen LogP contribution is 2.14. The summed E-state index contributed by atoms with van der Waals surface area (Å²) >= 11 is 1.63. The minimum Gasteiger partial charge on any atom is -0.368 e. The number of thiazole rings is 1. The number of piperazine rings is 1. The van der Waals surface area contributed by atoms with Crippen LogP contribution < -0.4 is 11.1 Å². The van der Waals surface area contributed by atoms with Crippen molar-refractivity contribution in [2.24, 2.45) is 5.73 Å². The summed E-state index contributed by atoms with van der Waals surface area (Å²) in [4.78, 5) is 17.8. The van der Waals surface area contributed by atoms with Crippen LogP contribution in [-0.4, -0.2) is 41.5 Å². The van der Waals surface area contributed by atoms with Crippen molar-refractivity contribution in [2.75, 3.05) is 19.6 Å². The van der Waals surface area contributed by atoms with Crippen molar-refractivity contribution >= 4 is 17.2 Å². The van der Waals surface area contributed by atoms with E-state index in [0.29, 0.717) is 13.1 Å². The molecule has 3 N–H and O–H groups in total. The van der Waals surface area contributed by atoms with E-state index < -0.39 is 0 Å². The third-order valence-corrected chi connectivity index (χ3v) is 3.64. The Hall–Kier alpha value is -0.980. The molecule has 1 aliphatic heterocycles. The van der Waals surface area contributed by atoms with Gasteiger partial charge in [-0.25, -0.2) is 4.98 Å². The number of carbonyl (C=O) groups excluding carboxylic acids is 1. The van der Waals surface area contributed by atoms with Crippen molar-refractivity contribution in [3.8, 4) is 0 Å². The van der Waals surface area contributed by atoms with E-state index in [1.807, 2.05) is 12.3 Å². The summed E-state index contributed by atoms with van der Waals surface area (Å²) in [6.07, 6.45) is 0. The zero-order valence-electron chi connectivity index (χ0n) is 9.27. The van der Waals surface area contributed by atoms with E-state index in [4.69, 9.17) is 5.73 Å². The highest BCUT2D eigenvalue weighted by molar-refractivity contribution is 7.09. The molecule has 88 valence electrons. The Morgan fingerprint density at radius 3 is 3.25 bits per heavy atom. The van der Waals surface area contributed by atoms with E-state index >= 15 is 0 Å². The minimum absolute atomic E-state index is 0.210. The first-order chi connectivity index (χ1) is 7.66. The Bertz CT molecular complexity index is 379. The monoisotopic (exact) mass is 240 g/mol. The van der Waals surface area contributed by atoms with Crippen LogP contribution in [0.15, 0.2) is 5.38 Å². The maximum Gasteiger partial charge on any atom is 0.236 e. The van der Waals surface area contributed by atoms with Crippen LogP contribution in [0.4, 0.5) is 0 Å². The number of hydrogen-bond donors (Lipinski definition) is 2. The summed E-state index contributed by atoms with van der Waals surface area (Å²) in [5.74, 6) is -0.263. The molecule has 1 atom stereocenters. The van der Waals surface area contributed by atoms with Crippen LogP contribution in [0.5, 0.6) is 0 Å². The Morgan fingerprint density at radius 1 is 1.81 bits per heavy atom. The molecule has 1 aliphatic rings. The van der Waals surface area contributed by atoms with Gasteiger partial charge < -0.3 is 11.1 Å². The largest absolute Gasteiger partial charge is 0.368 e. The molecule has 0 saturated carbocycles. The molecule has 1 amide bonds.